The molecule has 2 nitrogen and oxygen atoms in total. The highest BCUT2D eigenvalue weighted by atomic mass is 32.2. The van der Waals surface area contributed by atoms with Crippen LogP contribution in [0.4, 0.5) is 0 Å². The molecule has 15 heavy (non-hydrogen) atoms. The molecule has 1 saturated carbocycles. The van der Waals surface area contributed by atoms with E-state index in [1.54, 1.807) is 0 Å². The number of hydrogen-bond acceptors (Lipinski definition) is 2. The Balaban J connectivity index is 1.86. The normalized spacial score (nSPS) is 42.7. The van der Waals surface area contributed by atoms with E-state index in [0.29, 0.717) is 5.54 Å². The first-order valence-corrected chi connectivity index (χ1v) is 7.07. The molecule has 0 aromatic rings. The minimum absolute atomic E-state index is 0.291. The molecule has 0 radical (unpaired) electrons. The quantitative estimate of drug-likeness (QED) is 0.800. The van der Waals surface area contributed by atoms with Crippen molar-refractivity contribution in [3.63, 3.8) is 0 Å². The summed E-state index contributed by atoms with van der Waals surface area (Å²) in [7, 11) is 0. The van der Waals surface area contributed by atoms with Crippen LogP contribution < -0.4 is 5.32 Å². The molecule has 3 atom stereocenters. The van der Waals surface area contributed by atoms with Gasteiger partial charge in [-0.25, -0.2) is 0 Å². The van der Waals surface area contributed by atoms with Gasteiger partial charge < -0.3 is 5.32 Å². The SMILES string of the molecule is CCC1(C)CCSC(=NCC2CC2C)N1. The molecule has 1 aliphatic carbocycles. The van der Waals surface area contributed by atoms with Gasteiger partial charge in [0.05, 0.1) is 0 Å². The minimum Gasteiger partial charge on any atom is -0.360 e. The van der Waals surface area contributed by atoms with Gasteiger partial charge in [0, 0.05) is 17.8 Å². The number of nitrogens with zero attached hydrogens (tertiary/aromatic N) is 1. The highest BCUT2D eigenvalue weighted by Gasteiger charge is 2.33. The van der Waals surface area contributed by atoms with Crippen LogP contribution in [-0.4, -0.2) is 23.0 Å². The lowest BCUT2D eigenvalue weighted by atomic mass is 9.96. The summed E-state index contributed by atoms with van der Waals surface area (Å²) >= 11 is 1.89. The van der Waals surface area contributed by atoms with Crippen LogP contribution in [0.3, 0.4) is 0 Å². The standard InChI is InChI=1S/C12H22N2S/c1-4-12(3)5-6-15-11(14-12)13-8-10-7-9(10)2/h9-10H,4-8H2,1-3H3,(H,13,14). The van der Waals surface area contributed by atoms with Crippen molar-refractivity contribution in [2.45, 2.75) is 45.6 Å². The van der Waals surface area contributed by atoms with Gasteiger partial charge in [-0.15, -0.1) is 0 Å². The summed E-state index contributed by atoms with van der Waals surface area (Å²) in [6.07, 6.45) is 3.83. The summed E-state index contributed by atoms with van der Waals surface area (Å²) in [5.41, 5.74) is 0.291. The van der Waals surface area contributed by atoms with Crippen molar-refractivity contribution in [3.05, 3.63) is 0 Å². The summed E-state index contributed by atoms with van der Waals surface area (Å²) in [4.78, 5) is 4.71. The number of rotatable bonds is 3. The Labute approximate surface area is 97.3 Å². The molecule has 86 valence electrons. The number of aliphatic imine (C=N–C) groups is 1. The van der Waals surface area contributed by atoms with Crippen LogP contribution in [0, 0.1) is 11.8 Å². The van der Waals surface area contributed by atoms with E-state index < -0.39 is 0 Å². The predicted octanol–water partition coefficient (Wildman–Crippen LogP) is 2.89. The number of thioether (sulfide) groups is 1. The third-order valence-corrected chi connectivity index (χ3v) is 4.74. The molecule has 1 heterocycles. The van der Waals surface area contributed by atoms with Crippen molar-refractivity contribution in [3.8, 4) is 0 Å². The van der Waals surface area contributed by atoms with Gasteiger partial charge in [0.2, 0.25) is 0 Å². The molecule has 0 bridgehead atoms. The second kappa shape index (κ2) is 4.36. The van der Waals surface area contributed by atoms with Crippen molar-refractivity contribution in [2.24, 2.45) is 16.8 Å². The van der Waals surface area contributed by atoms with Gasteiger partial charge in [-0.3, -0.25) is 4.99 Å². The predicted molar refractivity (Wildman–Crippen MR) is 68.5 cm³/mol. The van der Waals surface area contributed by atoms with Crippen LogP contribution in [0.25, 0.3) is 0 Å². The summed E-state index contributed by atoms with van der Waals surface area (Å²) in [6.45, 7) is 7.92. The summed E-state index contributed by atoms with van der Waals surface area (Å²) in [6, 6.07) is 0. The topological polar surface area (TPSA) is 24.4 Å². The molecule has 2 fully saturated rings. The fourth-order valence-corrected chi connectivity index (χ4v) is 3.16. The first-order chi connectivity index (χ1) is 7.13. The molecule has 1 saturated heterocycles. The zero-order chi connectivity index (χ0) is 10.9. The Morgan fingerprint density at radius 3 is 2.93 bits per heavy atom. The van der Waals surface area contributed by atoms with Gasteiger partial charge in [-0.2, -0.15) is 0 Å². The summed E-state index contributed by atoms with van der Waals surface area (Å²) < 4.78 is 0. The van der Waals surface area contributed by atoms with E-state index in [4.69, 9.17) is 4.99 Å². The van der Waals surface area contributed by atoms with E-state index in [1.165, 1.54) is 30.2 Å². The third-order valence-electron chi connectivity index (χ3n) is 3.83. The molecule has 1 aliphatic heterocycles. The number of hydrogen-bond donors (Lipinski definition) is 1. The lowest BCUT2D eigenvalue weighted by molar-refractivity contribution is 0.389. The molecule has 0 spiro atoms. The lowest BCUT2D eigenvalue weighted by Gasteiger charge is -2.35. The van der Waals surface area contributed by atoms with Gasteiger partial charge in [0.15, 0.2) is 5.17 Å². The largest absolute Gasteiger partial charge is 0.360 e. The number of amidine groups is 1. The maximum atomic E-state index is 4.71. The maximum Gasteiger partial charge on any atom is 0.156 e. The lowest BCUT2D eigenvalue weighted by Crippen LogP contribution is -2.48. The Morgan fingerprint density at radius 2 is 2.33 bits per heavy atom. The molecule has 3 heteroatoms. The Kier molecular flexibility index (Phi) is 3.29. The zero-order valence-electron chi connectivity index (χ0n) is 10.0. The van der Waals surface area contributed by atoms with Gasteiger partial charge in [-0.1, -0.05) is 25.6 Å². The first-order valence-electron chi connectivity index (χ1n) is 6.08. The third kappa shape index (κ3) is 2.90. The van der Waals surface area contributed by atoms with Crippen molar-refractivity contribution >= 4 is 16.9 Å². The van der Waals surface area contributed by atoms with Crippen LogP contribution in [0.1, 0.15) is 40.0 Å². The van der Waals surface area contributed by atoms with Gasteiger partial charge in [-0.05, 0) is 38.0 Å². The van der Waals surface area contributed by atoms with E-state index in [0.717, 1.165) is 18.4 Å². The second-order valence-corrected chi connectivity index (χ2v) is 6.34. The highest BCUT2D eigenvalue weighted by Crippen LogP contribution is 2.38. The maximum absolute atomic E-state index is 4.71. The fourth-order valence-electron chi connectivity index (χ4n) is 1.93. The molecule has 0 amide bonds. The van der Waals surface area contributed by atoms with Crippen LogP contribution in [0.2, 0.25) is 0 Å². The Hall–Kier alpha value is -0.180. The van der Waals surface area contributed by atoms with E-state index in [-0.39, 0.29) is 0 Å². The summed E-state index contributed by atoms with van der Waals surface area (Å²) in [5, 5.41) is 4.78. The average Bonchev–Trinajstić information content (AvgIpc) is 2.92. The molecule has 2 rings (SSSR count). The molecule has 3 unspecified atom stereocenters. The second-order valence-electron chi connectivity index (χ2n) is 5.26. The number of nitrogens with one attached hydrogen (secondary N) is 1. The van der Waals surface area contributed by atoms with Gasteiger partial charge in [0.25, 0.3) is 0 Å². The van der Waals surface area contributed by atoms with Gasteiger partial charge >= 0.3 is 0 Å². The summed E-state index contributed by atoms with van der Waals surface area (Å²) in [5.74, 6) is 3.01. The van der Waals surface area contributed by atoms with Crippen molar-refractivity contribution in [1.82, 2.24) is 5.32 Å². The first kappa shape index (κ1) is 11.3. The van der Waals surface area contributed by atoms with Crippen molar-refractivity contribution < 1.29 is 0 Å². The van der Waals surface area contributed by atoms with Crippen LogP contribution >= 0.6 is 11.8 Å². The minimum atomic E-state index is 0.291. The van der Waals surface area contributed by atoms with E-state index in [9.17, 15) is 0 Å². The molecule has 2 aliphatic rings. The monoisotopic (exact) mass is 226 g/mol. The average molecular weight is 226 g/mol. The fraction of sp³-hybridized carbons (Fsp3) is 0.917. The Bertz CT molecular complexity index is 264. The van der Waals surface area contributed by atoms with Gasteiger partial charge in [0.1, 0.15) is 0 Å². The van der Waals surface area contributed by atoms with E-state index in [2.05, 4.69) is 26.1 Å². The molecular formula is C12H22N2S. The smallest absolute Gasteiger partial charge is 0.156 e. The van der Waals surface area contributed by atoms with Crippen LogP contribution in [0.15, 0.2) is 4.99 Å². The highest BCUT2D eigenvalue weighted by molar-refractivity contribution is 8.13. The van der Waals surface area contributed by atoms with Crippen molar-refractivity contribution in [1.29, 1.82) is 0 Å². The van der Waals surface area contributed by atoms with Crippen molar-refractivity contribution in [2.75, 3.05) is 12.3 Å². The Morgan fingerprint density at radius 1 is 1.60 bits per heavy atom. The zero-order valence-corrected chi connectivity index (χ0v) is 10.9. The molecular weight excluding hydrogens is 204 g/mol. The van der Waals surface area contributed by atoms with Crippen LogP contribution in [0.5, 0.6) is 0 Å². The van der Waals surface area contributed by atoms with E-state index in [1.807, 2.05) is 11.8 Å². The molecule has 1 N–H and O–H groups in total. The van der Waals surface area contributed by atoms with E-state index >= 15 is 0 Å². The molecule has 0 aromatic heterocycles. The van der Waals surface area contributed by atoms with Crippen LogP contribution in [-0.2, 0) is 0 Å². The molecule has 0 aromatic carbocycles.